The second-order valence-corrected chi connectivity index (χ2v) is 4.52. The third kappa shape index (κ3) is 1.97. The summed E-state index contributed by atoms with van der Waals surface area (Å²) in [4.78, 5) is 0. The largest absolute Gasteiger partial charge is 0.394 e. The third-order valence-corrected chi connectivity index (χ3v) is 2.87. The molecule has 0 amide bonds. The summed E-state index contributed by atoms with van der Waals surface area (Å²) in [5.74, 6) is -0.777. The molecule has 0 bridgehead atoms. The molecule has 2 saturated heterocycles. The maximum absolute atomic E-state index is 9.94. The first-order valence-corrected chi connectivity index (χ1v) is 5.31. The maximum atomic E-state index is 9.94. The van der Waals surface area contributed by atoms with Gasteiger partial charge in [-0.1, -0.05) is 0 Å². The molecule has 16 heavy (non-hydrogen) atoms. The number of aliphatic hydroxyl groups excluding tert-OH is 2. The Kier molecular flexibility index (Phi) is 3.22. The van der Waals surface area contributed by atoms with Crippen molar-refractivity contribution in [1.29, 1.82) is 0 Å². The Morgan fingerprint density at radius 3 is 2.44 bits per heavy atom. The van der Waals surface area contributed by atoms with Crippen LogP contribution < -0.4 is 0 Å². The number of hydrogen-bond acceptors (Lipinski definition) is 6. The highest BCUT2D eigenvalue weighted by Gasteiger charge is 2.54. The number of fused-ring (bicyclic) bond motifs is 1. The molecule has 2 rings (SSSR count). The molecule has 6 heteroatoms. The first-order valence-electron chi connectivity index (χ1n) is 5.31. The fourth-order valence-electron chi connectivity index (χ4n) is 2.17. The molecule has 0 aromatic rings. The number of ether oxygens (including phenoxy) is 4. The zero-order valence-corrected chi connectivity index (χ0v) is 9.62. The maximum Gasteiger partial charge on any atom is 0.186 e. The quantitative estimate of drug-likeness (QED) is 0.653. The van der Waals surface area contributed by atoms with Crippen LogP contribution in [0.2, 0.25) is 0 Å². The minimum Gasteiger partial charge on any atom is -0.394 e. The van der Waals surface area contributed by atoms with Crippen LogP contribution in [0.15, 0.2) is 0 Å². The van der Waals surface area contributed by atoms with Crippen LogP contribution in [-0.4, -0.2) is 60.4 Å². The minimum atomic E-state index is -0.914. The fraction of sp³-hybridized carbons (Fsp3) is 1.00. The Labute approximate surface area is 94.1 Å². The van der Waals surface area contributed by atoms with Gasteiger partial charge < -0.3 is 29.2 Å². The molecule has 2 aliphatic rings. The highest BCUT2D eigenvalue weighted by molar-refractivity contribution is 4.95. The van der Waals surface area contributed by atoms with E-state index in [0.717, 1.165) is 0 Å². The summed E-state index contributed by atoms with van der Waals surface area (Å²) in [6.45, 7) is 3.24. The summed E-state index contributed by atoms with van der Waals surface area (Å²) in [5, 5.41) is 19.0. The zero-order valence-electron chi connectivity index (χ0n) is 9.62. The standard InChI is InChI=1S/C10H18O6/c1-10(2)15-7-6(12)5(4-11)14-9(13-3)8(7)16-10/h5-9,11-12H,4H2,1-3H3/t5?,6-,7?,8?,9+/m1/s1. The van der Waals surface area contributed by atoms with E-state index < -0.39 is 36.5 Å². The highest BCUT2D eigenvalue weighted by Crippen LogP contribution is 2.37. The Balaban J connectivity index is 2.18. The second kappa shape index (κ2) is 4.21. The van der Waals surface area contributed by atoms with E-state index in [4.69, 9.17) is 24.1 Å². The molecule has 2 aliphatic heterocycles. The van der Waals surface area contributed by atoms with Crippen LogP contribution in [0.4, 0.5) is 0 Å². The van der Waals surface area contributed by atoms with Crippen LogP contribution >= 0.6 is 0 Å². The third-order valence-electron chi connectivity index (χ3n) is 2.87. The lowest BCUT2D eigenvalue weighted by molar-refractivity contribution is -0.272. The summed E-state index contributed by atoms with van der Waals surface area (Å²) in [7, 11) is 1.49. The lowest BCUT2D eigenvalue weighted by Gasteiger charge is -2.38. The summed E-state index contributed by atoms with van der Waals surface area (Å²) in [6.07, 6.45) is -3.26. The first kappa shape index (κ1) is 12.2. The number of methoxy groups -OCH3 is 1. The van der Waals surface area contributed by atoms with E-state index in [2.05, 4.69) is 0 Å². The fourth-order valence-corrected chi connectivity index (χ4v) is 2.17. The first-order chi connectivity index (χ1) is 7.48. The Bertz CT molecular complexity index is 256. The smallest absolute Gasteiger partial charge is 0.186 e. The van der Waals surface area contributed by atoms with E-state index in [-0.39, 0.29) is 6.61 Å². The van der Waals surface area contributed by atoms with Crippen molar-refractivity contribution < 1.29 is 29.2 Å². The molecule has 0 saturated carbocycles. The van der Waals surface area contributed by atoms with Crippen molar-refractivity contribution in [2.45, 2.75) is 50.3 Å². The van der Waals surface area contributed by atoms with Crippen LogP contribution in [0.3, 0.4) is 0 Å². The molecular weight excluding hydrogens is 216 g/mol. The van der Waals surface area contributed by atoms with Gasteiger partial charge in [-0.15, -0.1) is 0 Å². The molecule has 3 unspecified atom stereocenters. The average Bonchev–Trinajstić information content (AvgIpc) is 2.55. The monoisotopic (exact) mass is 234 g/mol. The van der Waals surface area contributed by atoms with Crippen molar-refractivity contribution in [3.63, 3.8) is 0 Å². The van der Waals surface area contributed by atoms with Gasteiger partial charge in [0.25, 0.3) is 0 Å². The van der Waals surface area contributed by atoms with Gasteiger partial charge in [-0.05, 0) is 13.8 Å². The van der Waals surface area contributed by atoms with Gasteiger partial charge in [0.1, 0.15) is 24.4 Å². The molecule has 2 N–H and O–H groups in total. The Morgan fingerprint density at radius 2 is 1.88 bits per heavy atom. The lowest BCUT2D eigenvalue weighted by atomic mass is 9.99. The van der Waals surface area contributed by atoms with E-state index in [9.17, 15) is 5.11 Å². The van der Waals surface area contributed by atoms with E-state index in [1.807, 2.05) is 0 Å². The molecule has 0 radical (unpaired) electrons. The van der Waals surface area contributed by atoms with Crippen LogP contribution in [0.1, 0.15) is 13.8 Å². The van der Waals surface area contributed by atoms with Crippen molar-refractivity contribution in [2.24, 2.45) is 0 Å². The molecule has 2 fully saturated rings. The summed E-state index contributed by atoms with van der Waals surface area (Å²) in [5.41, 5.74) is 0. The van der Waals surface area contributed by atoms with E-state index >= 15 is 0 Å². The SMILES string of the molecule is CO[C@H]1OC(CO)[C@@H](O)C2OC(C)(C)OC21. The van der Waals surface area contributed by atoms with Crippen molar-refractivity contribution in [3.05, 3.63) is 0 Å². The molecule has 5 atom stereocenters. The Morgan fingerprint density at radius 1 is 1.25 bits per heavy atom. The van der Waals surface area contributed by atoms with Gasteiger partial charge in [0.2, 0.25) is 0 Å². The van der Waals surface area contributed by atoms with Gasteiger partial charge in [0, 0.05) is 7.11 Å². The number of aliphatic hydroxyl groups is 2. The van der Waals surface area contributed by atoms with Crippen LogP contribution in [0.25, 0.3) is 0 Å². The van der Waals surface area contributed by atoms with Crippen LogP contribution in [0.5, 0.6) is 0 Å². The zero-order chi connectivity index (χ0) is 11.9. The topological polar surface area (TPSA) is 77.4 Å². The normalized spacial score (nSPS) is 46.7. The predicted octanol–water partition coefficient (Wildman–Crippen LogP) is -0.769. The summed E-state index contributed by atoms with van der Waals surface area (Å²) in [6, 6.07) is 0. The lowest BCUT2D eigenvalue weighted by Crippen LogP contribution is -2.57. The minimum absolute atomic E-state index is 0.284. The van der Waals surface area contributed by atoms with Crippen molar-refractivity contribution in [2.75, 3.05) is 13.7 Å². The van der Waals surface area contributed by atoms with Gasteiger partial charge >= 0.3 is 0 Å². The summed E-state index contributed by atoms with van der Waals surface area (Å²) >= 11 is 0. The molecule has 2 heterocycles. The van der Waals surface area contributed by atoms with Crippen molar-refractivity contribution in [1.82, 2.24) is 0 Å². The van der Waals surface area contributed by atoms with E-state index in [1.54, 1.807) is 13.8 Å². The van der Waals surface area contributed by atoms with Crippen molar-refractivity contribution >= 4 is 0 Å². The Hall–Kier alpha value is -0.240. The number of rotatable bonds is 2. The van der Waals surface area contributed by atoms with Gasteiger partial charge in [0.05, 0.1) is 6.61 Å². The van der Waals surface area contributed by atoms with Gasteiger partial charge in [-0.2, -0.15) is 0 Å². The number of hydrogen-bond donors (Lipinski definition) is 2. The highest BCUT2D eigenvalue weighted by atomic mass is 16.8. The molecule has 0 spiro atoms. The molecular formula is C10H18O6. The van der Waals surface area contributed by atoms with Crippen LogP contribution in [0, 0.1) is 0 Å². The molecule has 0 aliphatic carbocycles. The van der Waals surface area contributed by atoms with Crippen LogP contribution in [-0.2, 0) is 18.9 Å². The van der Waals surface area contributed by atoms with Gasteiger partial charge in [0.15, 0.2) is 12.1 Å². The predicted molar refractivity (Wildman–Crippen MR) is 52.6 cm³/mol. The molecule has 0 aromatic heterocycles. The molecule has 6 nitrogen and oxygen atoms in total. The molecule has 94 valence electrons. The average molecular weight is 234 g/mol. The van der Waals surface area contributed by atoms with Gasteiger partial charge in [-0.3, -0.25) is 0 Å². The van der Waals surface area contributed by atoms with Gasteiger partial charge in [-0.25, -0.2) is 0 Å². The van der Waals surface area contributed by atoms with E-state index in [1.165, 1.54) is 7.11 Å². The van der Waals surface area contributed by atoms with E-state index in [0.29, 0.717) is 0 Å². The van der Waals surface area contributed by atoms with Crippen molar-refractivity contribution in [3.8, 4) is 0 Å². The molecule has 0 aromatic carbocycles. The summed E-state index contributed by atoms with van der Waals surface area (Å²) < 4.78 is 21.7. The second-order valence-electron chi connectivity index (χ2n) is 4.52.